The molecule has 0 atom stereocenters. The van der Waals surface area contributed by atoms with Crippen LogP contribution in [-0.2, 0) is 7.05 Å². The number of aliphatic hydroxyl groups is 1. The number of hydrogen-bond acceptors (Lipinski definition) is 4. The maximum Gasteiger partial charge on any atom is 0.190 e. The molecule has 0 saturated heterocycles. The quantitative estimate of drug-likeness (QED) is 0.585. The minimum Gasteiger partial charge on any atom is -0.396 e. The Morgan fingerprint density at radius 2 is 2.12 bits per heavy atom. The van der Waals surface area contributed by atoms with E-state index in [1.165, 1.54) is 12.8 Å². The second-order valence-corrected chi connectivity index (χ2v) is 5.37. The Labute approximate surface area is 100 Å². The molecule has 0 spiro atoms. The Morgan fingerprint density at radius 1 is 1.31 bits per heavy atom. The monoisotopic (exact) mass is 241 g/mol. The Bertz CT molecular complexity index is 336. The molecule has 0 aliphatic heterocycles. The summed E-state index contributed by atoms with van der Waals surface area (Å²) in [7, 11) is 2.06. The van der Waals surface area contributed by atoms with Crippen LogP contribution in [0, 0.1) is 0 Å². The van der Waals surface area contributed by atoms with Crippen molar-refractivity contribution in [2.45, 2.75) is 43.2 Å². The smallest absolute Gasteiger partial charge is 0.190 e. The highest BCUT2D eigenvalue weighted by Gasteiger charge is 2.29. The number of aliphatic hydroxyl groups excluding tert-OH is 1. The lowest BCUT2D eigenvalue weighted by atomic mass is 10.3. The Balaban J connectivity index is 1.76. The summed E-state index contributed by atoms with van der Waals surface area (Å²) in [4.78, 5) is 0. The average Bonchev–Trinajstić information content (AvgIpc) is 3.05. The summed E-state index contributed by atoms with van der Waals surface area (Å²) in [5, 5.41) is 18.2. The van der Waals surface area contributed by atoms with Gasteiger partial charge in [0.1, 0.15) is 5.82 Å². The van der Waals surface area contributed by atoms with Crippen molar-refractivity contribution < 1.29 is 5.11 Å². The fourth-order valence-corrected chi connectivity index (χ4v) is 2.62. The molecule has 1 heterocycles. The predicted octanol–water partition coefficient (Wildman–Crippen LogP) is 1.95. The second-order valence-electron chi connectivity index (χ2n) is 4.31. The summed E-state index contributed by atoms with van der Waals surface area (Å²) in [6.07, 6.45) is 5.68. The van der Waals surface area contributed by atoms with E-state index in [0.717, 1.165) is 36.0 Å². The number of nitrogens with zero attached hydrogens (tertiary/aromatic N) is 3. The zero-order valence-corrected chi connectivity index (χ0v) is 10.5. The third kappa shape index (κ3) is 2.98. The molecule has 16 heavy (non-hydrogen) atoms. The number of rotatable bonds is 7. The topological polar surface area (TPSA) is 50.9 Å². The third-order valence-corrected chi connectivity index (χ3v) is 3.95. The molecule has 4 nitrogen and oxygen atoms in total. The molecule has 1 fully saturated rings. The van der Waals surface area contributed by atoms with E-state index in [9.17, 15) is 0 Å². The lowest BCUT2D eigenvalue weighted by Crippen LogP contribution is -1.97. The molecule has 1 aliphatic rings. The van der Waals surface area contributed by atoms with Gasteiger partial charge in [-0.05, 0) is 25.7 Å². The van der Waals surface area contributed by atoms with Crippen molar-refractivity contribution in [1.82, 2.24) is 14.8 Å². The van der Waals surface area contributed by atoms with Gasteiger partial charge >= 0.3 is 0 Å². The van der Waals surface area contributed by atoms with Crippen molar-refractivity contribution in [2.75, 3.05) is 12.4 Å². The van der Waals surface area contributed by atoms with Gasteiger partial charge in [0.2, 0.25) is 0 Å². The van der Waals surface area contributed by atoms with Gasteiger partial charge in [-0.2, -0.15) is 0 Å². The van der Waals surface area contributed by atoms with E-state index in [1.807, 2.05) is 0 Å². The first kappa shape index (κ1) is 11.9. The van der Waals surface area contributed by atoms with Crippen molar-refractivity contribution in [1.29, 1.82) is 0 Å². The zero-order valence-electron chi connectivity index (χ0n) is 9.72. The molecule has 0 amide bonds. The van der Waals surface area contributed by atoms with Crippen LogP contribution in [0.4, 0.5) is 0 Å². The predicted molar refractivity (Wildman–Crippen MR) is 64.6 cm³/mol. The van der Waals surface area contributed by atoms with E-state index in [4.69, 9.17) is 5.11 Å². The van der Waals surface area contributed by atoms with E-state index in [0.29, 0.717) is 12.5 Å². The first-order valence-corrected chi connectivity index (χ1v) is 6.94. The van der Waals surface area contributed by atoms with Crippen LogP contribution >= 0.6 is 11.8 Å². The number of aromatic nitrogens is 3. The molecule has 0 unspecified atom stereocenters. The van der Waals surface area contributed by atoms with Crippen molar-refractivity contribution >= 4 is 11.8 Å². The number of unbranched alkanes of at least 4 members (excludes halogenated alkanes) is 2. The highest BCUT2D eigenvalue weighted by molar-refractivity contribution is 7.99. The van der Waals surface area contributed by atoms with Crippen LogP contribution in [0.2, 0.25) is 0 Å². The van der Waals surface area contributed by atoms with Gasteiger partial charge in [0, 0.05) is 25.3 Å². The minimum absolute atomic E-state index is 0.306. The normalized spacial score (nSPS) is 15.6. The highest BCUT2D eigenvalue weighted by atomic mass is 32.2. The molecule has 2 rings (SSSR count). The van der Waals surface area contributed by atoms with Crippen LogP contribution in [-0.4, -0.2) is 32.2 Å². The molecule has 90 valence electrons. The van der Waals surface area contributed by atoms with Gasteiger partial charge in [-0.3, -0.25) is 0 Å². The molecule has 1 saturated carbocycles. The minimum atomic E-state index is 0.306. The van der Waals surface area contributed by atoms with Gasteiger partial charge in [0.05, 0.1) is 0 Å². The first-order valence-electron chi connectivity index (χ1n) is 5.96. The summed E-state index contributed by atoms with van der Waals surface area (Å²) in [5.74, 6) is 2.88. The van der Waals surface area contributed by atoms with Crippen LogP contribution < -0.4 is 0 Å². The van der Waals surface area contributed by atoms with Crippen LogP contribution in [0.1, 0.15) is 43.8 Å². The SMILES string of the molecule is Cn1c(SCCCCCO)nnc1C1CC1. The maximum atomic E-state index is 8.66. The molecular formula is C11H19N3OS. The molecule has 0 bridgehead atoms. The molecule has 1 aromatic rings. The molecule has 0 radical (unpaired) electrons. The van der Waals surface area contributed by atoms with Crippen molar-refractivity contribution in [3.63, 3.8) is 0 Å². The molecule has 1 aliphatic carbocycles. The number of thioether (sulfide) groups is 1. The van der Waals surface area contributed by atoms with Crippen LogP contribution in [0.3, 0.4) is 0 Å². The van der Waals surface area contributed by atoms with Crippen LogP contribution in [0.15, 0.2) is 5.16 Å². The fraction of sp³-hybridized carbons (Fsp3) is 0.818. The molecule has 1 N–H and O–H groups in total. The molecule has 0 aromatic carbocycles. The fourth-order valence-electron chi connectivity index (χ4n) is 1.70. The third-order valence-electron chi connectivity index (χ3n) is 2.84. The van der Waals surface area contributed by atoms with E-state index in [2.05, 4.69) is 21.8 Å². The second kappa shape index (κ2) is 5.68. The Morgan fingerprint density at radius 3 is 2.81 bits per heavy atom. The highest BCUT2D eigenvalue weighted by Crippen LogP contribution is 2.39. The molecule has 1 aromatic heterocycles. The van der Waals surface area contributed by atoms with Crippen LogP contribution in [0.5, 0.6) is 0 Å². The Kier molecular flexibility index (Phi) is 4.23. The maximum absolute atomic E-state index is 8.66. The molecular weight excluding hydrogens is 222 g/mol. The lowest BCUT2D eigenvalue weighted by molar-refractivity contribution is 0.284. The summed E-state index contributed by atoms with van der Waals surface area (Å²) < 4.78 is 2.13. The van der Waals surface area contributed by atoms with Crippen molar-refractivity contribution in [3.05, 3.63) is 5.82 Å². The Hall–Kier alpha value is -0.550. The first-order chi connectivity index (χ1) is 7.83. The number of hydrogen-bond donors (Lipinski definition) is 1. The van der Waals surface area contributed by atoms with Gasteiger partial charge in [-0.1, -0.05) is 18.2 Å². The average molecular weight is 241 g/mol. The van der Waals surface area contributed by atoms with E-state index in [-0.39, 0.29) is 0 Å². The van der Waals surface area contributed by atoms with E-state index >= 15 is 0 Å². The zero-order chi connectivity index (χ0) is 11.4. The van der Waals surface area contributed by atoms with Gasteiger partial charge in [0.25, 0.3) is 0 Å². The van der Waals surface area contributed by atoms with Gasteiger partial charge in [-0.25, -0.2) is 0 Å². The molecule has 5 heteroatoms. The van der Waals surface area contributed by atoms with E-state index < -0.39 is 0 Å². The van der Waals surface area contributed by atoms with Gasteiger partial charge in [0.15, 0.2) is 5.16 Å². The van der Waals surface area contributed by atoms with Gasteiger partial charge in [-0.15, -0.1) is 10.2 Å². The summed E-state index contributed by atoms with van der Waals surface area (Å²) in [5.41, 5.74) is 0. The van der Waals surface area contributed by atoms with Gasteiger partial charge < -0.3 is 9.67 Å². The summed E-state index contributed by atoms with van der Waals surface area (Å²) in [6, 6.07) is 0. The van der Waals surface area contributed by atoms with E-state index in [1.54, 1.807) is 11.8 Å². The largest absolute Gasteiger partial charge is 0.396 e. The summed E-state index contributed by atoms with van der Waals surface area (Å²) in [6.45, 7) is 0.306. The van der Waals surface area contributed by atoms with Crippen molar-refractivity contribution in [2.24, 2.45) is 7.05 Å². The van der Waals surface area contributed by atoms with Crippen LogP contribution in [0.25, 0.3) is 0 Å². The summed E-state index contributed by atoms with van der Waals surface area (Å²) >= 11 is 1.77. The lowest BCUT2D eigenvalue weighted by Gasteiger charge is -2.02. The van der Waals surface area contributed by atoms with Crippen molar-refractivity contribution in [3.8, 4) is 0 Å². The standard InChI is InChI=1S/C11H19N3OS/c1-14-10(9-5-6-9)12-13-11(14)16-8-4-2-3-7-15/h9,15H,2-8H2,1H3.